The van der Waals surface area contributed by atoms with Gasteiger partial charge >= 0.3 is 0 Å². The van der Waals surface area contributed by atoms with Crippen LogP contribution in [0.3, 0.4) is 0 Å². The van der Waals surface area contributed by atoms with Gasteiger partial charge < -0.3 is 14.6 Å². The molecule has 0 aliphatic heterocycles. The normalized spacial score (nSPS) is 12.8. The number of rotatable bonds is 7. The fourth-order valence-electron chi connectivity index (χ4n) is 8.36. The molecule has 1 aromatic heterocycles. The molecule has 1 aliphatic carbocycles. The highest BCUT2D eigenvalue weighted by atomic mass is 16.3. The van der Waals surface area contributed by atoms with Crippen LogP contribution in [0.25, 0.3) is 55.3 Å². The zero-order valence-electron chi connectivity index (χ0n) is 30.3. The minimum absolute atomic E-state index is 0.0744. The predicted octanol–water partition coefficient (Wildman–Crippen LogP) is 14.4. The van der Waals surface area contributed by atoms with E-state index in [1.807, 2.05) is 12.1 Å². The van der Waals surface area contributed by atoms with Crippen LogP contribution in [0.4, 0.5) is 28.4 Å². The van der Waals surface area contributed by atoms with Gasteiger partial charge in [0.15, 0.2) is 0 Å². The number of hydrogen-bond acceptors (Lipinski definition) is 3. The largest absolute Gasteiger partial charge is 0.455 e. The summed E-state index contributed by atoms with van der Waals surface area (Å²) in [7, 11) is 0. The third kappa shape index (κ3) is 5.28. The van der Waals surface area contributed by atoms with E-state index in [0.29, 0.717) is 0 Å². The molecule has 1 aliphatic rings. The van der Waals surface area contributed by atoms with Crippen molar-refractivity contribution < 1.29 is 4.42 Å². The SMILES string of the molecule is CC1(C)c2ccccc2-c2ccc(-c3ccc(-c4cccc5c4oc4ccccc45)c(Nc4ccc(N(c5ccccc5)c5ccccc5)cc4)c3)cc21. The molecule has 54 heavy (non-hydrogen) atoms. The van der Waals surface area contributed by atoms with E-state index in [-0.39, 0.29) is 5.41 Å². The molecule has 1 heterocycles. The highest BCUT2D eigenvalue weighted by Gasteiger charge is 2.35. The molecule has 1 N–H and O–H groups in total. The molecule has 0 saturated heterocycles. The molecule has 0 atom stereocenters. The van der Waals surface area contributed by atoms with E-state index in [1.165, 1.54) is 27.8 Å². The number of anilines is 5. The second-order valence-corrected chi connectivity index (χ2v) is 14.7. The average molecular weight is 695 g/mol. The number of nitrogens with one attached hydrogen (secondary N) is 1. The molecule has 0 bridgehead atoms. The van der Waals surface area contributed by atoms with Crippen LogP contribution in [0.5, 0.6) is 0 Å². The van der Waals surface area contributed by atoms with Gasteiger partial charge in [0.25, 0.3) is 0 Å². The second-order valence-electron chi connectivity index (χ2n) is 14.7. The lowest BCUT2D eigenvalue weighted by molar-refractivity contribution is 0.660. The molecule has 3 heteroatoms. The lowest BCUT2D eigenvalue weighted by Gasteiger charge is -2.25. The number of fused-ring (bicyclic) bond motifs is 6. The van der Waals surface area contributed by atoms with Gasteiger partial charge in [0, 0.05) is 55.8 Å². The summed E-state index contributed by atoms with van der Waals surface area (Å²) in [5.41, 5.74) is 16.9. The van der Waals surface area contributed by atoms with Gasteiger partial charge in [0.05, 0.1) is 0 Å². The summed E-state index contributed by atoms with van der Waals surface area (Å²) in [5.74, 6) is 0. The zero-order chi connectivity index (χ0) is 36.2. The molecule has 0 unspecified atom stereocenters. The zero-order valence-corrected chi connectivity index (χ0v) is 30.3. The summed E-state index contributed by atoms with van der Waals surface area (Å²) in [5, 5.41) is 6.09. The predicted molar refractivity (Wildman–Crippen MR) is 227 cm³/mol. The Kier molecular flexibility index (Phi) is 7.48. The van der Waals surface area contributed by atoms with Crippen LogP contribution >= 0.6 is 0 Å². The molecular weight excluding hydrogens is 657 g/mol. The van der Waals surface area contributed by atoms with Crippen molar-refractivity contribution >= 4 is 50.4 Å². The van der Waals surface area contributed by atoms with E-state index in [0.717, 1.165) is 67.1 Å². The first kappa shape index (κ1) is 31.9. The van der Waals surface area contributed by atoms with E-state index in [1.54, 1.807) is 0 Å². The first-order valence-electron chi connectivity index (χ1n) is 18.6. The number of para-hydroxylation sites is 4. The monoisotopic (exact) mass is 694 g/mol. The molecule has 0 fully saturated rings. The molecule has 0 spiro atoms. The quantitative estimate of drug-likeness (QED) is 0.180. The van der Waals surface area contributed by atoms with E-state index in [9.17, 15) is 0 Å². The van der Waals surface area contributed by atoms with Gasteiger partial charge in [-0.2, -0.15) is 0 Å². The minimum atomic E-state index is -0.0744. The topological polar surface area (TPSA) is 28.4 Å². The highest BCUT2D eigenvalue weighted by molar-refractivity contribution is 6.10. The van der Waals surface area contributed by atoms with Crippen molar-refractivity contribution in [2.45, 2.75) is 19.3 Å². The van der Waals surface area contributed by atoms with Gasteiger partial charge in [0.1, 0.15) is 11.2 Å². The van der Waals surface area contributed by atoms with Gasteiger partial charge in [-0.05, 0) is 100 Å². The molecule has 9 aromatic rings. The Morgan fingerprint density at radius 2 is 1.02 bits per heavy atom. The van der Waals surface area contributed by atoms with Crippen molar-refractivity contribution in [1.29, 1.82) is 0 Å². The van der Waals surface area contributed by atoms with E-state index >= 15 is 0 Å². The van der Waals surface area contributed by atoms with Gasteiger partial charge in [-0.3, -0.25) is 0 Å². The van der Waals surface area contributed by atoms with Gasteiger partial charge in [-0.15, -0.1) is 0 Å². The third-order valence-electron chi connectivity index (χ3n) is 11.1. The second kappa shape index (κ2) is 12.7. The maximum atomic E-state index is 6.55. The smallest absolute Gasteiger partial charge is 0.143 e. The molecule has 3 nitrogen and oxygen atoms in total. The molecule has 0 radical (unpaired) electrons. The highest BCUT2D eigenvalue weighted by Crippen LogP contribution is 2.50. The Balaban J connectivity index is 1.08. The Morgan fingerprint density at radius 3 is 1.78 bits per heavy atom. The minimum Gasteiger partial charge on any atom is -0.455 e. The van der Waals surface area contributed by atoms with E-state index < -0.39 is 0 Å². The maximum Gasteiger partial charge on any atom is 0.143 e. The van der Waals surface area contributed by atoms with Crippen LogP contribution in [0.15, 0.2) is 192 Å². The molecular formula is C51H38N2O. The van der Waals surface area contributed by atoms with Gasteiger partial charge in [-0.25, -0.2) is 0 Å². The van der Waals surface area contributed by atoms with Crippen LogP contribution in [0, 0.1) is 0 Å². The Labute approximate surface area is 315 Å². The standard InChI is InChI=1S/C51H38N2O/c1-51(2)46-22-11-9-18-40(46)41-30-24-34(32-47(41)51)35-25-31-42(44-20-13-21-45-43-19-10-12-23-49(43)54-50(44)45)48(33-35)52-36-26-28-39(29-27-36)53(37-14-5-3-6-15-37)38-16-7-4-8-17-38/h3-33,52H,1-2H3. The van der Waals surface area contributed by atoms with Crippen molar-refractivity contribution in [3.05, 3.63) is 199 Å². The van der Waals surface area contributed by atoms with Crippen molar-refractivity contribution in [3.63, 3.8) is 0 Å². The van der Waals surface area contributed by atoms with Crippen LogP contribution < -0.4 is 10.2 Å². The van der Waals surface area contributed by atoms with E-state index in [2.05, 4.69) is 200 Å². The number of furan rings is 1. The van der Waals surface area contributed by atoms with Crippen molar-refractivity contribution in [2.24, 2.45) is 0 Å². The van der Waals surface area contributed by atoms with E-state index in [4.69, 9.17) is 4.42 Å². The van der Waals surface area contributed by atoms with Gasteiger partial charge in [-0.1, -0.05) is 135 Å². The molecule has 0 amide bonds. The summed E-state index contributed by atoms with van der Waals surface area (Å²) in [6, 6.07) is 67.1. The summed E-state index contributed by atoms with van der Waals surface area (Å²) < 4.78 is 6.55. The lowest BCUT2D eigenvalue weighted by Crippen LogP contribution is -2.14. The van der Waals surface area contributed by atoms with Crippen molar-refractivity contribution in [1.82, 2.24) is 0 Å². The first-order chi connectivity index (χ1) is 26.5. The Hall–Kier alpha value is -6.84. The fourth-order valence-corrected chi connectivity index (χ4v) is 8.36. The Bertz CT molecular complexity index is 2780. The lowest BCUT2D eigenvalue weighted by atomic mass is 9.81. The summed E-state index contributed by atoms with van der Waals surface area (Å²) >= 11 is 0. The van der Waals surface area contributed by atoms with Crippen LogP contribution in [0.2, 0.25) is 0 Å². The van der Waals surface area contributed by atoms with Crippen molar-refractivity contribution in [3.8, 4) is 33.4 Å². The van der Waals surface area contributed by atoms with Gasteiger partial charge in [0.2, 0.25) is 0 Å². The molecule has 258 valence electrons. The maximum absolute atomic E-state index is 6.55. The van der Waals surface area contributed by atoms with Crippen LogP contribution in [-0.4, -0.2) is 0 Å². The third-order valence-corrected chi connectivity index (χ3v) is 11.1. The summed E-state index contributed by atoms with van der Waals surface area (Å²) in [6.07, 6.45) is 0. The summed E-state index contributed by atoms with van der Waals surface area (Å²) in [6.45, 7) is 4.68. The number of hydrogen-bond donors (Lipinski definition) is 1. The number of nitrogens with zero attached hydrogens (tertiary/aromatic N) is 1. The fraction of sp³-hybridized carbons (Fsp3) is 0.0588. The van der Waals surface area contributed by atoms with Crippen LogP contribution in [-0.2, 0) is 5.41 Å². The average Bonchev–Trinajstić information content (AvgIpc) is 3.71. The molecule has 10 rings (SSSR count). The first-order valence-corrected chi connectivity index (χ1v) is 18.6. The summed E-state index contributed by atoms with van der Waals surface area (Å²) in [4.78, 5) is 2.28. The van der Waals surface area contributed by atoms with Crippen molar-refractivity contribution in [2.75, 3.05) is 10.2 Å². The molecule has 0 saturated carbocycles. The van der Waals surface area contributed by atoms with Crippen LogP contribution in [0.1, 0.15) is 25.0 Å². The Morgan fingerprint density at radius 1 is 0.444 bits per heavy atom. The molecule has 8 aromatic carbocycles. The number of benzene rings is 8.